The summed E-state index contributed by atoms with van der Waals surface area (Å²) in [5.74, 6) is 0. The maximum Gasteiger partial charge on any atom is 0.126 e. The number of nitrogens with two attached hydrogens (primary N) is 1. The van der Waals surface area contributed by atoms with E-state index in [1.807, 2.05) is 18.2 Å². The molecule has 0 amide bonds. The Labute approximate surface area is 66.0 Å². The Morgan fingerprint density at radius 3 is 2.45 bits per heavy atom. The maximum atomic E-state index is 13.1. The van der Waals surface area contributed by atoms with Crippen LogP contribution in [-0.4, -0.2) is 6.54 Å². The molecule has 11 heavy (non-hydrogen) atoms. The van der Waals surface area contributed by atoms with Gasteiger partial charge in [0.2, 0.25) is 0 Å². The second-order valence-electron chi connectivity index (χ2n) is 2.46. The highest BCUT2D eigenvalue weighted by atomic mass is 19.1. The molecule has 2 heteroatoms. The van der Waals surface area contributed by atoms with Crippen LogP contribution in [0, 0.1) is 0 Å². The van der Waals surface area contributed by atoms with E-state index in [1.54, 1.807) is 12.1 Å². The minimum atomic E-state index is -0.902. The fraction of sp³-hybridized carbons (Fsp3) is 0.333. The van der Waals surface area contributed by atoms with Crippen molar-refractivity contribution in [1.29, 1.82) is 0 Å². The van der Waals surface area contributed by atoms with Crippen molar-refractivity contribution in [1.82, 2.24) is 0 Å². The minimum Gasteiger partial charge on any atom is -0.330 e. The highest BCUT2D eigenvalue weighted by Crippen LogP contribution is 2.19. The molecule has 0 aliphatic rings. The molecule has 0 fully saturated rings. The van der Waals surface area contributed by atoms with Gasteiger partial charge in [-0.3, -0.25) is 0 Å². The zero-order valence-corrected chi connectivity index (χ0v) is 6.33. The van der Waals surface area contributed by atoms with Crippen LogP contribution < -0.4 is 5.73 Å². The predicted molar refractivity (Wildman–Crippen MR) is 44.0 cm³/mol. The van der Waals surface area contributed by atoms with Gasteiger partial charge in [0, 0.05) is 0 Å². The summed E-state index contributed by atoms with van der Waals surface area (Å²) in [4.78, 5) is 0. The monoisotopic (exact) mass is 153 g/mol. The number of alkyl halides is 1. The van der Waals surface area contributed by atoms with Gasteiger partial charge in [-0.1, -0.05) is 30.3 Å². The van der Waals surface area contributed by atoms with Crippen LogP contribution >= 0.6 is 0 Å². The zero-order valence-electron chi connectivity index (χ0n) is 6.33. The summed E-state index contributed by atoms with van der Waals surface area (Å²) in [6.45, 7) is 0.399. The van der Waals surface area contributed by atoms with E-state index in [0.29, 0.717) is 13.0 Å². The molecule has 2 N–H and O–H groups in total. The second-order valence-corrected chi connectivity index (χ2v) is 2.46. The van der Waals surface area contributed by atoms with Gasteiger partial charge in [-0.15, -0.1) is 0 Å². The van der Waals surface area contributed by atoms with Crippen LogP contribution in [0.15, 0.2) is 30.3 Å². The highest BCUT2D eigenvalue weighted by molar-refractivity contribution is 5.17. The maximum absolute atomic E-state index is 13.1. The highest BCUT2D eigenvalue weighted by Gasteiger charge is 2.06. The fourth-order valence-electron chi connectivity index (χ4n) is 0.975. The van der Waals surface area contributed by atoms with Crippen LogP contribution in [0.3, 0.4) is 0 Å². The van der Waals surface area contributed by atoms with E-state index >= 15 is 0 Å². The van der Waals surface area contributed by atoms with Gasteiger partial charge < -0.3 is 5.73 Å². The average molecular weight is 153 g/mol. The van der Waals surface area contributed by atoms with E-state index in [1.165, 1.54) is 0 Å². The summed E-state index contributed by atoms with van der Waals surface area (Å²) in [5.41, 5.74) is 5.95. The Balaban J connectivity index is 2.61. The normalized spacial score (nSPS) is 12.9. The molecule has 0 aliphatic heterocycles. The van der Waals surface area contributed by atoms with Crippen molar-refractivity contribution in [2.75, 3.05) is 6.54 Å². The van der Waals surface area contributed by atoms with Gasteiger partial charge >= 0.3 is 0 Å². The molecule has 1 nitrogen and oxygen atoms in total. The molecule has 0 aliphatic carbocycles. The van der Waals surface area contributed by atoms with Crippen molar-refractivity contribution >= 4 is 0 Å². The molecule has 1 rings (SSSR count). The van der Waals surface area contributed by atoms with E-state index in [-0.39, 0.29) is 0 Å². The van der Waals surface area contributed by atoms with Crippen molar-refractivity contribution in [2.24, 2.45) is 5.73 Å². The summed E-state index contributed by atoms with van der Waals surface area (Å²) in [7, 11) is 0. The summed E-state index contributed by atoms with van der Waals surface area (Å²) in [5, 5.41) is 0. The van der Waals surface area contributed by atoms with Crippen LogP contribution in [-0.2, 0) is 0 Å². The molecule has 1 atom stereocenters. The average Bonchev–Trinajstić information content (AvgIpc) is 2.07. The standard InChI is InChI=1S/C9H12FN/c10-9(6-7-11)8-4-2-1-3-5-8/h1-5,9H,6-7,11H2/t9-/m0/s1. The van der Waals surface area contributed by atoms with E-state index in [4.69, 9.17) is 5.73 Å². The molecular formula is C9H12FN. The largest absolute Gasteiger partial charge is 0.330 e. The van der Waals surface area contributed by atoms with Gasteiger partial charge in [-0.2, -0.15) is 0 Å². The van der Waals surface area contributed by atoms with Crippen LogP contribution in [0.5, 0.6) is 0 Å². The fourth-order valence-corrected chi connectivity index (χ4v) is 0.975. The molecular weight excluding hydrogens is 141 g/mol. The summed E-state index contributed by atoms with van der Waals surface area (Å²) < 4.78 is 13.1. The summed E-state index contributed by atoms with van der Waals surface area (Å²) in [6, 6.07) is 9.09. The van der Waals surface area contributed by atoms with Gasteiger partial charge in [0.15, 0.2) is 0 Å². The van der Waals surface area contributed by atoms with Gasteiger partial charge in [0.25, 0.3) is 0 Å². The first-order chi connectivity index (χ1) is 5.34. The molecule has 0 aromatic heterocycles. The minimum absolute atomic E-state index is 0.399. The smallest absolute Gasteiger partial charge is 0.126 e. The van der Waals surface area contributed by atoms with Crippen molar-refractivity contribution in [3.05, 3.63) is 35.9 Å². The molecule has 0 spiro atoms. The third-order valence-corrected chi connectivity index (χ3v) is 1.58. The lowest BCUT2D eigenvalue weighted by molar-refractivity contribution is 0.328. The Morgan fingerprint density at radius 2 is 1.91 bits per heavy atom. The Morgan fingerprint density at radius 1 is 1.27 bits per heavy atom. The number of benzene rings is 1. The first-order valence-corrected chi connectivity index (χ1v) is 3.73. The first-order valence-electron chi connectivity index (χ1n) is 3.73. The quantitative estimate of drug-likeness (QED) is 0.706. The third-order valence-electron chi connectivity index (χ3n) is 1.58. The summed E-state index contributed by atoms with van der Waals surface area (Å²) in [6.07, 6.45) is -0.495. The molecule has 0 saturated heterocycles. The molecule has 0 bridgehead atoms. The first kappa shape index (κ1) is 8.21. The van der Waals surface area contributed by atoms with Gasteiger partial charge in [-0.25, -0.2) is 4.39 Å². The Kier molecular flexibility index (Phi) is 3.05. The lowest BCUT2D eigenvalue weighted by Gasteiger charge is -2.05. The molecule has 1 aromatic rings. The van der Waals surface area contributed by atoms with Crippen molar-refractivity contribution in [3.63, 3.8) is 0 Å². The third kappa shape index (κ3) is 2.31. The van der Waals surface area contributed by atoms with E-state index < -0.39 is 6.17 Å². The lowest BCUT2D eigenvalue weighted by atomic mass is 10.1. The van der Waals surface area contributed by atoms with Crippen LogP contribution in [0.4, 0.5) is 4.39 Å². The van der Waals surface area contributed by atoms with Crippen molar-refractivity contribution < 1.29 is 4.39 Å². The molecule has 0 heterocycles. The van der Waals surface area contributed by atoms with Crippen LogP contribution in [0.25, 0.3) is 0 Å². The molecule has 0 unspecified atom stereocenters. The van der Waals surface area contributed by atoms with Crippen LogP contribution in [0.1, 0.15) is 18.2 Å². The molecule has 1 aromatic carbocycles. The Hall–Kier alpha value is -0.890. The van der Waals surface area contributed by atoms with Gasteiger partial charge in [0.1, 0.15) is 6.17 Å². The molecule has 0 saturated carbocycles. The number of hydrogen-bond donors (Lipinski definition) is 1. The van der Waals surface area contributed by atoms with Crippen LogP contribution in [0.2, 0.25) is 0 Å². The number of rotatable bonds is 3. The number of hydrogen-bond acceptors (Lipinski definition) is 1. The molecule has 0 radical (unpaired) electrons. The zero-order chi connectivity index (χ0) is 8.10. The SMILES string of the molecule is NCC[C@H](F)c1ccccc1. The summed E-state index contributed by atoms with van der Waals surface area (Å²) >= 11 is 0. The van der Waals surface area contributed by atoms with Crippen molar-refractivity contribution in [2.45, 2.75) is 12.6 Å². The van der Waals surface area contributed by atoms with Gasteiger partial charge in [-0.05, 0) is 18.5 Å². The van der Waals surface area contributed by atoms with Crippen molar-refractivity contribution in [3.8, 4) is 0 Å². The second kappa shape index (κ2) is 4.09. The Bertz CT molecular complexity index is 198. The number of halogens is 1. The molecule has 60 valence electrons. The predicted octanol–water partition coefficient (Wildman–Crippen LogP) is 2.05. The van der Waals surface area contributed by atoms with E-state index in [9.17, 15) is 4.39 Å². The van der Waals surface area contributed by atoms with E-state index in [2.05, 4.69) is 0 Å². The van der Waals surface area contributed by atoms with Gasteiger partial charge in [0.05, 0.1) is 0 Å². The lowest BCUT2D eigenvalue weighted by Crippen LogP contribution is -2.03. The van der Waals surface area contributed by atoms with E-state index in [0.717, 1.165) is 5.56 Å². The topological polar surface area (TPSA) is 26.0 Å².